The van der Waals surface area contributed by atoms with E-state index in [9.17, 15) is 19.2 Å². The summed E-state index contributed by atoms with van der Waals surface area (Å²) in [5.41, 5.74) is 4.22. The molecule has 3 N–H and O–H groups in total. The Balaban J connectivity index is 1.62. The Bertz CT molecular complexity index is 1010. The maximum Gasteiger partial charge on any atom is 0.407 e. The normalized spacial score (nSPS) is 12.8. The summed E-state index contributed by atoms with van der Waals surface area (Å²) in [6.45, 7) is 1.98. The maximum absolute atomic E-state index is 12.4. The summed E-state index contributed by atoms with van der Waals surface area (Å²) in [5.74, 6) is -2.55. The third-order valence-electron chi connectivity index (χ3n) is 5.64. The molecule has 3 amide bonds. The number of rotatable bonds is 9. The number of benzene rings is 2. The highest BCUT2D eigenvalue weighted by molar-refractivity contribution is 5.91. The van der Waals surface area contributed by atoms with E-state index in [1.807, 2.05) is 48.5 Å². The average molecular weight is 453 g/mol. The van der Waals surface area contributed by atoms with Gasteiger partial charge >= 0.3 is 12.1 Å². The molecule has 33 heavy (non-hydrogen) atoms. The van der Waals surface area contributed by atoms with E-state index in [4.69, 9.17) is 9.84 Å². The van der Waals surface area contributed by atoms with Crippen LogP contribution in [0.1, 0.15) is 30.4 Å². The second-order valence-electron chi connectivity index (χ2n) is 7.75. The molecule has 1 atom stereocenters. The SMILES string of the molecule is CCN(C)C(=O)CNC(=O)C(CC(=O)O)NC(=O)OCC1c2ccccc2-c2ccccc21. The Morgan fingerprint density at radius 2 is 1.61 bits per heavy atom. The van der Waals surface area contributed by atoms with Gasteiger partial charge in [0.25, 0.3) is 0 Å². The minimum absolute atomic E-state index is 0.0288. The number of nitrogens with one attached hydrogen (secondary N) is 2. The van der Waals surface area contributed by atoms with Gasteiger partial charge in [0.15, 0.2) is 0 Å². The number of hydrogen-bond acceptors (Lipinski definition) is 5. The van der Waals surface area contributed by atoms with Crippen molar-refractivity contribution in [3.05, 3.63) is 59.7 Å². The summed E-state index contributed by atoms with van der Waals surface area (Å²) < 4.78 is 5.38. The summed E-state index contributed by atoms with van der Waals surface area (Å²) in [4.78, 5) is 49.3. The summed E-state index contributed by atoms with van der Waals surface area (Å²) in [5, 5.41) is 13.8. The predicted molar refractivity (Wildman–Crippen MR) is 121 cm³/mol. The van der Waals surface area contributed by atoms with Crippen LogP contribution in [0.4, 0.5) is 4.79 Å². The molecule has 1 aliphatic carbocycles. The number of amides is 3. The van der Waals surface area contributed by atoms with Gasteiger partial charge in [-0.25, -0.2) is 4.79 Å². The molecule has 0 heterocycles. The number of hydrogen-bond donors (Lipinski definition) is 3. The lowest BCUT2D eigenvalue weighted by molar-refractivity contribution is -0.140. The summed E-state index contributed by atoms with van der Waals surface area (Å²) >= 11 is 0. The van der Waals surface area contributed by atoms with E-state index in [1.54, 1.807) is 14.0 Å². The molecule has 0 aliphatic heterocycles. The van der Waals surface area contributed by atoms with Crippen LogP contribution < -0.4 is 10.6 Å². The van der Waals surface area contributed by atoms with Gasteiger partial charge < -0.3 is 25.4 Å². The molecule has 3 rings (SSSR count). The topological polar surface area (TPSA) is 125 Å². The molecule has 2 aromatic rings. The second-order valence-corrected chi connectivity index (χ2v) is 7.75. The van der Waals surface area contributed by atoms with Crippen molar-refractivity contribution in [2.75, 3.05) is 26.7 Å². The van der Waals surface area contributed by atoms with Gasteiger partial charge in [-0.05, 0) is 29.2 Å². The average Bonchev–Trinajstić information content (AvgIpc) is 3.13. The molecule has 0 fully saturated rings. The van der Waals surface area contributed by atoms with Gasteiger partial charge in [-0.2, -0.15) is 0 Å². The highest BCUT2D eigenvalue weighted by Crippen LogP contribution is 2.44. The third kappa shape index (κ3) is 5.68. The quantitative estimate of drug-likeness (QED) is 0.533. The lowest BCUT2D eigenvalue weighted by atomic mass is 9.98. The first-order valence-electron chi connectivity index (χ1n) is 10.7. The van der Waals surface area contributed by atoms with E-state index in [0.29, 0.717) is 6.54 Å². The van der Waals surface area contributed by atoms with Crippen LogP contribution in [-0.2, 0) is 19.1 Å². The van der Waals surface area contributed by atoms with E-state index >= 15 is 0 Å². The van der Waals surface area contributed by atoms with Gasteiger partial charge in [-0.1, -0.05) is 48.5 Å². The van der Waals surface area contributed by atoms with Crippen molar-refractivity contribution >= 4 is 23.9 Å². The predicted octanol–water partition coefficient (Wildman–Crippen LogP) is 1.96. The Hall–Kier alpha value is -3.88. The molecule has 1 unspecified atom stereocenters. The van der Waals surface area contributed by atoms with Gasteiger partial charge in [0.1, 0.15) is 12.6 Å². The first kappa shape index (κ1) is 23.8. The number of likely N-dealkylation sites (N-methyl/N-ethyl adjacent to an activating group) is 1. The minimum atomic E-state index is -1.38. The van der Waals surface area contributed by atoms with E-state index < -0.39 is 30.4 Å². The van der Waals surface area contributed by atoms with E-state index in [1.165, 1.54) is 4.90 Å². The van der Waals surface area contributed by atoms with Crippen LogP contribution in [0.5, 0.6) is 0 Å². The molecule has 0 saturated heterocycles. The van der Waals surface area contributed by atoms with E-state index in [0.717, 1.165) is 22.3 Å². The monoisotopic (exact) mass is 453 g/mol. The van der Waals surface area contributed by atoms with Crippen molar-refractivity contribution in [3.8, 4) is 11.1 Å². The molecule has 1 aliphatic rings. The summed E-state index contributed by atoms with van der Waals surface area (Å²) in [6, 6.07) is 14.3. The molecule has 9 nitrogen and oxygen atoms in total. The molecule has 174 valence electrons. The second kappa shape index (κ2) is 10.6. The minimum Gasteiger partial charge on any atom is -0.481 e. The third-order valence-corrected chi connectivity index (χ3v) is 5.64. The zero-order chi connectivity index (χ0) is 24.0. The van der Waals surface area contributed by atoms with Gasteiger partial charge in [0.2, 0.25) is 11.8 Å². The fraction of sp³-hybridized carbons (Fsp3) is 0.333. The largest absolute Gasteiger partial charge is 0.481 e. The van der Waals surface area contributed by atoms with Crippen LogP contribution in [0.3, 0.4) is 0 Å². The molecule has 9 heteroatoms. The first-order valence-corrected chi connectivity index (χ1v) is 10.7. The first-order chi connectivity index (χ1) is 15.8. The molecular formula is C24H27N3O6. The standard InChI is InChI=1S/C24H27N3O6/c1-3-27(2)21(28)13-25-23(31)20(12-22(29)30)26-24(32)33-14-19-17-10-6-4-8-15(17)16-9-5-7-11-18(16)19/h4-11,19-20H,3,12-14H2,1-2H3,(H,25,31)(H,26,32)(H,29,30). The van der Waals surface area contributed by atoms with Crippen LogP contribution in [0, 0.1) is 0 Å². The number of aliphatic carboxylic acids is 1. The molecule has 0 saturated carbocycles. The molecule has 0 aromatic heterocycles. The zero-order valence-corrected chi connectivity index (χ0v) is 18.5. The number of carbonyl (C=O) groups excluding carboxylic acids is 3. The summed E-state index contributed by atoms with van der Waals surface area (Å²) in [6.07, 6.45) is -1.55. The number of carboxylic acid groups (broad SMARTS) is 1. The Morgan fingerprint density at radius 3 is 2.15 bits per heavy atom. The van der Waals surface area contributed by atoms with E-state index in [-0.39, 0.29) is 25.0 Å². The molecular weight excluding hydrogens is 426 g/mol. The maximum atomic E-state index is 12.4. The van der Waals surface area contributed by atoms with Crippen LogP contribution in [0.15, 0.2) is 48.5 Å². The molecule has 0 radical (unpaired) electrons. The highest BCUT2D eigenvalue weighted by Gasteiger charge is 2.30. The zero-order valence-electron chi connectivity index (χ0n) is 18.5. The van der Waals surface area contributed by atoms with Gasteiger partial charge in [-0.15, -0.1) is 0 Å². The Kier molecular flexibility index (Phi) is 7.66. The fourth-order valence-electron chi connectivity index (χ4n) is 3.76. The Labute approximate surface area is 191 Å². The fourth-order valence-corrected chi connectivity index (χ4v) is 3.76. The number of nitrogens with zero attached hydrogens (tertiary/aromatic N) is 1. The summed E-state index contributed by atoms with van der Waals surface area (Å²) in [7, 11) is 1.58. The van der Waals surface area contributed by atoms with Crippen molar-refractivity contribution in [2.45, 2.75) is 25.3 Å². The van der Waals surface area contributed by atoms with Crippen LogP contribution in [0.2, 0.25) is 0 Å². The number of carboxylic acids is 1. The van der Waals surface area contributed by atoms with Crippen LogP contribution in [-0.4, -0.2) is 66.7 Å². The number of carbonyl (C=O) groups is 4. The molecule has 2 aromatic carbocycles. The van der Waals surface area contributed by atoms with E-state index in [2.05, 4.69) is 10.6 Å². The molecule has 0 bridgehead atoms. The van der Waals surface area contributed by atoms with Crippen molar-refractivity contribution in [1.29, 1.82) is 0 Å². The smallest absolute Gasteiger partial charge is 0.407 e. The number of alkyl carbamates (subject to hydrolysis) is 1. The van der Waals surface area contributed by atoms with Gasteiger partial charge in [0.05, 0.1) is 13.0 Å². The van der Waals surface area contributed by atoms with Crippen molar-refractivity contribution < 1.29 is 29.0 Å². The van der Waals surface area contributed by atoms with Crippen molar-refractivity contribution in [1.82, 2.24) is 15.5 Å². The van der Waals surface area contributed by atoms with Crippen molar-refractivity contribution in [2.24, 2.45) is 0 Å². The van der Waals surface area contributed by atoms with Crippen molar-refractivity contribution in [3.63, 3.8) is 0 Å². The van der Waals surface area contributed by atoms with Crippen LogP contribution >= 0.6 is 0 Å². The lowest BCUT2D eigenvalue weighted by Gasteiger charge is -2.19. The van der Waals surface area contributed by atoms with Gasteiger partial charge in [0, 0.05) is 19.5 Å². The number of ether oxygens (including phenoxy) is 1. The molecule has 0 spiro atoms. The van der Waals surface area contributed by atoms with Gasteiger partial charge in [-0.3, -0.25) is 14.4 Å². The lowest BCUT2D eigenvalue weighted by Crippen LogP contribution is -2.50. The van der Waals surface area contributed by atoms with Crippen LogP contribution in [0.25, 0.3) is 11.1 Å². The number of fused-ring (bicyclic) bond motifs is 3. The Morgan fingerprint density at radius 1 is 1.03 bits per heavy atom. The highest BCUT2D eigenvalue weighted by atomic mass is 16.5.